The molecule has 0 bridgehead atoms. The predicted octanol–water partition coefficient (Wildman–Crippen LogP) is 3.81. The summed E-state index contributed by atoms with van der Waals surface area (Å²) in [5.41, 5.74) is 0.671. The number of nitro groups is 1. The van der Waals surface area contributed by atoms with Crippen LogP contribution < -0.4 is 4.74 Å². The van der Waals surface area contributed by atoms with Crippen LogP contribution in [0, 0.1) is 10.1 Å². The Labute approximate surface area is 126 Å². The number of nitrogens with zero attached hydrogens (tertiary/aromatic N) is 1. The number of nitro benzene ring substituents is 1. The summed E-state index contributed by atoms with van der Waals surface area (Å²) >= 11 is 1.25. The molecule has 1 atom stereocenters. The Kier molecular flexibility index (Phi) is 4.82. The van der Waals surface area contributed by atoms with Crippen molar-refractivity contribution in [2.75, 3.05) is 7.11 Å². The lowest BCUT2D eigenvalue weighted by Gasteiger charge is -2.15. The quantitative estimate of drug-likeness (QED) is 0.671. The van der Waals surface area contributed by atoms with Gasteiger partial charge in [-0.1, -0.05) is 30.0 Å². The molecule has 0 saturated carbocycles. The molecule has 5 nitrogen and oxygen atoms in total. The molecule has 21 heavy (non-hydrogen) atoms. The number of hydrogen-bond acceptors (Lipinski definition) is 5. The van der Waals surface area contributed by atoms with Crippen LogP contribution in [0.4, 0.5) is 5.69 Å². The Morgan fingerprint density at radius 1 is 1.19 bits per heavy atom. The van der Waals surface area contributed by atoms with Gasteiger partial charge in [0.15, 0.2) is 0 Å². The fourth-order valence-electron chi connectivity index (χ4n) is 2.02. The second kappa shape index (κ2) is 6.60. The third kappa shape index (κ3) is 3.34. The summed E-state index contributed by atoms with van der Waals surface area (Å²) in [7, 11) is 1.53. The first kappa shape index (κ1) is 15.3. The lowest BCUT2D eigenvalue weighted by atomic mass is 10.1. The smallest absolute Gasteiger partial charge is 0.283 e. The zero-order chi connectivity index (χ0) is 15.4. The maximum Gasteiger partial charge on any atom is 0.283 e. The number of ether oxygens (including phenoxy) is 1. The van der Waals surface area contributed by atoms with Gasteiger partial charge in [-0.25, -0.2) is 0 Å². The second-order valence-electron chi connectivity index (χ2n) is 4.37. The number of rotatable bonds is 5. The van der Waals surface area contributed by atoms with Crippen molar-refractivity contribution >= 4 is 17.4 Å². The molecular weight excluding hydrogens is 290 g/mol. The van der Waals surface area contributed by atoms with Crippen molar-refractivity contribution in [1.29, 1.82) is 0 Å². The summed E-state index contributed by atoms with van der Waals surface area (Å²) in [4.78, 5) is 11.9. The Bertz CT molecular complexity index is 658. The van der Waals surface area contributed by atoms with Gasteiger partial charge < -0.3 is 9.84 Å². The average molecular weight is 305 g/mol. The van der Waals surface area contributed by atoms with Crippen LogP contribution in [0.1, 0.15) is 18.6 Å². The summed E-state index contributed by atoms with van der Waals surface area (Å²) in [6, 6.07) is 11.9. The minimum absolute atomic E-state index is 0.0434. The van der Waals surface area contributed by atoms with E-state index in [1.165, 1.54) is 24.9 Å². The summed E-state index contributed by atoms with van der Waals surface area (Å²) in [6.07, 6.45) is -0.730. The molecule has 6 heteroatoms. The lowest BCUT2D eigenvalue weighted by Crippen LogP contribution is -1.99. The Morgan fingerprint density at radius 3 is 2.48 bits per heavy atom. The molecule has 0 spiro atoms. The monoisotopic (exact) mass is 305 g/mol. The molecule has 0 aliphatic heterocycles. The first-order chi connectivity index (χ1) is 10.0. The fourth-order valence-corrected chi connectivity index (χ4v) is 3.17. The van der Waals surface area contributed by atoms with Crippen molar-refractivity contribution in [3.8, 4) is 5.75 Å². The SMILES string of the molecule is COc1cccc(Sc2ccccc2[N+](=O)[O-])c1[C@H](C)O. The highest BCUT2D eigenvalue weighted by Crippen LogP contribution is 2.41. The average Bonchev–Trinajstić information content (AvgIpc) is 2.47. The molecule has 2 aromatic rings. The van der Waals surface area contributed by atoms with E-state index in [1.54, 1.807) is 37.3 Å². The molecule has 0 aliphatic carbocycles. The normalized spacial score (nSPS) is 12.0. The van der Waals surface area contributed by atoms with Crippen molar-refractivity contribution < 1.29 is 14.8 Å². The van der Waals surface area contributed by atoms with Gasteiger partial charge in [0.05, 0.1) is 23.0 Å². The van der Waals surface area contributed by atoms with Crippen LogP contribution in [0.15, 0.2) is 52.3 Å². The van der Waals surface area contributed by atoms with Crippen LogP contribution >= 0.6 is 11.8 Å². The largest absolute Gasteiger partial charge is 0.496 e. The van der Waals surface area contributed by atoms with Crippen molar-refractivity contribution in [3.63, 3.8) is 0 Å². The van der Waals surface area contributed by atoms with Crippen LogP contribution in [0.3, 0.4) is 0 Å². The number of aliphatic hydroxyl groups is 1. The van der Waals surface area contributed by atoms with Gasteiger partial charge in [-0.2, -0.15) is 0 Å². The number of benzene rings is 2. The van der Waals surface area contributed by atoms with Crippen molar-refractivity contribution in [2.24, 2.45) is 0 Å². The van der Waals surface area contributed by atoms with E-state index in [1.807, 2.05) is 6.07 Å². The summed E-state index contributed by atoms with van der Waals surface area (Å²) in [5.74, 6) is 0.564. The van der Waals surface area contributed by atoms with Gasteiger partial charge in [0, 0.05) is 16.5 Å². The summed E-state index contributed by atoms with van der Waals surface area (Å²) in [6.45, 7) is 1.64. The van der Waals surface area contributed by atoms with E-state index in [0.29, 0.717) is 16.2 Å². The van der Waals surface area contributed by atoms with Gasteiger partial charge in [-0.3, -0.25) is 10.1 Å². The van der Waals surface area contributed by atoms with E-state index in [0.717, 1.165) is 4.90 Å². The van der Waals surface area contributed by atoms with Gasteiger partial charge in [0.25, 0.3) is 5.69 Å². The molecule has 0 heterocycles. The van der Waals surface area contributed by atoms with Gasteiger partial charge in [0.1, 0.15) is 5.75 Å². The molecule has 0 radical (unpaired) electrons. The molecule has 0 saturated heterocycles. The minimum atomic E-state index is -0.730. The standard InChI is InChI=1S/C15H15NO4S/c1-10(17)15-12(20-2)7-5-9-14(15)21-13-8-4-3-6-11(13)16(18)19/h3-10,17H,1-2H3/t10-/m0/s1. The second-order valence-corrected chi connectivity index (χ2v) is 5.46. The molecule has 0 aromatic heterocycles. The van der Waals surface area contributed by atoms with E-state index in [-0.39, 0.29) is 5.69 Å². The molecular formula is C15H15NO4S. The van der Waals surface area contributed by atoms with Gasteiger partial charge in [-0.15, -0.1) is 0 Å². The number of aliphatic hydroxyl groups excluding tert-OH is 1. The first-order valence-electron chi connectivity index (χ1n) is 6.30. The van der Waals surface area contributed by atoms with Crippen molar-refractivity contribution in [3.05, 3.63) is 58.1 Å². The van der Waals surface area contributed by atoms with E-state index in [4.69, 9.17) is 4.74 Å². The topological polar surface area (TPSA) is 72.6 Å². The Hall–Kier alpha value is -2.05. The van der Waals surface area contributed by atoms with Crippen LogP contribution in [-0.4, -0.2) is 17.1 Å². The van der Waals surface area contributed by atoms with Gasteiger partial charge in [0.2, 0.25) is 0 Å². The predicted molar refractivity (Wildman–Crippen MR) is 80.8 cm³/mol. The highest BCUT2D eigenvalue weighted by atomic mass is 32.2. The van der Waals surface area contributed by atoms with Crippen molar-refractivity contribution in [2.45, 2.75) is 22.8 Å². The molecule has 0 amide bonds. The Balaban J connectivity index is 2.48. The zero-order valence-corrected chi connectivity index (χ0v) is 12.5. The van der Waals surface area contributed by atoms with Gasteiger partial charge >= 0.3 is 0 Å². The highest BCUT2D eigenvalue weighted by molar-refractivity contribution is 7.99. The van der Waals surface area contributed by atoms with Crippen LogP contribution in [0.5, 0.6) is 5.75 Å². The molecule has 1 N–H and O–H groups in total. The third-order valence-corrected chi connectivity index (χ3v) is 4.09. The molecule has 0 fully saturated rings. The van der Waals surface area contributed by atoms with Crippen molar-refractivity contribution in [1.82, 2.24) is 0 Å². The maximum atomic E-state index is 11.1. The highest BCUT2D eigenvalue weighted by Gasteiger charge is 2.19. The number of methoxy groups -OCH3 is 1. The summed E-state index contributed by atoms with van der Waals surface area (Å²) in [5, 5.41) is 21.0. The molecule has 0 aliphatic rings. The van der Waals surface area contributed by atoms with Crippen LogP contribution in [0.25, 0.3) is 0 Å². The maximum absolute atomic E-state index is 11.1. The first-order valence-corrected chi connectivity index (χ1v) is 7.12. The third-order valence-electron chi connectivity index (χ3n) is 2.95. The zero-order valence-electron chi connectivity index (χ0n) is 11.6. The Morgan fingerprint density at radius 2 is 1.86 bits per heavy atom. The molecule has 0 unspecified atom stereocenters. The van der Waals surface area contributed by atoms with Gasteiger partial charge in [-0.05, 0) is 25.1 Å². The molecule has 2 aromatic carbocycles. The van der Waals surface area contributed by atoms with Crippen LogP contribution in [0.2, 0.25) is 0 Å². The van der Waals surface area contributed by atoms with E-state index in [9.17, 15) is 15.2 Å². The van der Waals surface area contributed by atoms with E-state index in [2.05, 4.69) is 0 Å². The molecule has 110 valence electrons. The summed E-state index contributed by atoms with van der Waals surface area (Å²) < 4.78 is 5.26. The van der Waals surface area contributed by atoms with E-state index < -0.39 is 11.0 Å². The van der Waals surface area contributed by atoms with E-state index >= 15 is 0 Å². The fraction of sp³-hybridized carbons (Fsp3) is 0.200. The minimum Gasteiger partial charge on any atom is -0.496 e. The number of hydrogen-bond donors (Lipinski definition) is 1. The van der Waals surface area contributed by atoms with Crippen LogP contribution in [-0.2, 0) is 0 Å². The number of para-hydroxylation sites is 1. The lowest BCUT2D eigenvalue weighted by molar-refractivity contribution is -0.387. The molecule has 2 rings (SSSR count).